The van der Waals surface area contributed by atoms with Crippen molar-refractivity contribution in [2.75, 3.05) is 4.90 Å². The number of allylic oxidation sites excluding steroid dienone is 5. The van der Waals surface area contributed by atoms with Gasteiger partial charge in [0.15, 0.2) is 17.5 Å². The Morgan fingerprint density at radius 1 is 0.551 bits per heavy atom. The summed E-state index contributed by atoms with van der Waals surface area (Å²) >= 11 is 0. The van der Waals surface area contributed by atoms with Crippen molar-refractivity contribution in [1.29, 1.82) is 0 Å². The minimum atomic E-state index is 0.150. The molecule has 1 aliphatic heterocycles. The van der Waals surface area contributed by atoms with Gasteiger partial charge >= 0.3 is 0 Å². The van der Waals surface area contributed by atoms with E-state index in [0.717, 1.165) is 35.2 Å². The molecule has 0 bridgehead atoms. The summed E-state index contributed by atoms with van der Waals surface area (Å²) in [4.78, 5) is 17.4. The van der Waals surface area contributed by atoms with Crippen LogP contribution in [-0.4, -0.2) is 21.0 Å². The van der Waals surface area contributed by atoms with E-state index >= 15 is 0 Å². The first-order chi connectivity index (χ1) is 24.3. The summed E-state index contributed by atoms with van der Waals surface area (Å²) in [5.74, 6) is 2.23. The number of rotatable bonds is 6. The fourth-order valence-corrected chi connectivity index (χ4v) is 7.35. The molecule has 2 unspecified atom stereocenters. The molecule has 0 amide bonds. The van der Waals surface area contributed by atoms with Crippen molar-refractivity contribution in [2.24, 2.45) is 5.92 Å². The zero-order valence-corrected chi connectivity index (χ0v) is 27.0. The molecule has 49 heavy (non-hydrogen) atoms. The zero-order chi connectivity index (χ0) is 32.6. The standard InChI is InChI=1S/C45H34N4/c1-5-14-31(15-6-1)36-26-29-41-40(30-36)39-23-13-22-38(32-16-7-2-8-17-32)42(39)49(41)37-27-24-35(25-28-37)45-47-43(33-18-9-3-10-19-33)46-44(48-45)34-20-11-4-12-21-34/h1,3-7,9-30,38,42H,2,8H2. The maximum absolute atomic E-state index is 4.97. The molecule has 2 atom stereocenters. The highest BCUT2D eigenvalue weighted by Gasteiger charge is 2.41. The Kier molecular flexibility index (Phi) is 7.39. The van der Waals surface area contributed by atoms with Gasteiger partial charge < -0.3 is 4.90 Å². The Labute approximate surface area is 287 Å². The molecule has 5 aromatic carbocycles. The minimum Gasteiger partial charge on any atom is -0.332 e. The Hall–Kier alpha value is -6.13. The Bertz CT molecular complexity index is 2210. The summed E-state index contributed by atoms with van der Waals surface area (Å²) in [6, 6.07) is 46.8. The highest BCUT2D eigenvalue weighted by atomic mass is 15.2. The van der Waals surface area contributed by atoms with Crippen molar-refractivity contribution in [2.45, 2.75) is 18.9 Å². The Morgan fingerprint density at radius 2 is 1.12 bits per heavy atom. The number of fused-ring (bicyclic) bond motifs is 3. The highest BCUT2D eigenvalue weighted by molar-refractivity contribution is 5.96. The molecule has 0 saturated carbocycles. The largest absolute Gasteiger partial charge is 0.332 e. The van der Waals surface area contributed by atoms with Gasteiger partial charge in [-0.05, 0) is 71.5 Å². The summed E-state index contributed by atoms with van der Waals surface area (Å²) in [5.41, 5.74) is 11.8. The molecule has 2 heterocycles. The highest BCUT2D eigenvalue weighted by Crippen LogP contribution is 2.51. The first kappa shape index (κ1) is 29.0. The van der Waals surface area contributed by atoms with E-state index in [4.69, 9.17) is 15.0 Å². The summed E-state index contributed by atoms with van der Waals surface area (Å²) in [6.07, 6.45) is 16.2. The molecule has 234 valence electrons. The van der Waals surface area contributed by atoms with Crippen LogP contribution in [0.15, 0.2) is 175 Å². The lowest BCUT2D eigenvalue weighted by molar-refractivity contribution is 0.666. The lowest BCUT2D eigenvalue weighted by Crippen LogP contribution is -2.35. The lowest BCUT2D eigenvalue weighted by atomic mass is 9.80. The second-order valence-electron chi connectivity index (χ2n) is 12.7. The van der Waals surface area contributed by atoms with Gasteiger partial charge in [-0.3, -0.25) is 0 Å². The number of anilines is 2. The third-order valence-corrected chi connectivity index (χ3v) is 9.72. The van der Waals surface area contributed by atoms with Crippen LogP contribution in [0.1, 0.15) is 18.4 Å². The number of hydrogen-bond acceptors (Lipinski definition) is 4. The van der Waals surface area contributed by atoms with Gasteiger partial charge in [-0.1, -0.05) is 134 Å². The fourth-order valence-electron chi connectivity index (χ4n) is 7.35. The smallest absolute Gasteiger partial charge is 0.164 e. The van der Waals surface area contributed by atoms with Crippen LogP contribution in [0.3, 0.4) is 0 Å². The van der Waals surface area contributed by atoms with Crippen molar-refractivity contribution in [3.63, 3.8) is 0 Å². The van der Waals surface area contributed by atoms with Crippen molar-refractivity contribution in [1.82, 2.24) is 15.0 Å². The van der Waals surface area contributed by atoms with Gasteiger partial charge in [0, 0.05) is 39.5 Å². The van der Waals surface area contributed by atoms with Crippen LogP contribution in [-0.2, 0) is 0 Å². The SMILES string of the molecule is C1=CC(C2=CCCC=C2)C2C(=C1)c1cc(-c3ccccc3)ccc1N2c1ccc(-c2nc(-c3ccccc3)nc(-c3ccccc3)n2)cc1. The average molecular weight is 631 g/mol. The van der Waals surface area contributed by atoms with Crippen LogP contribution in [0.5, 0.6) is 0 Å². The van der Waals surface area contributed by atoms with Crippen LogP contribution in [0, 0.1) is 5.92 Å². The van der Waals surface area contributed by atoms with E-state index in [-0.39, 0.29) is 12.0 Å². The average Bonchev–Trinajstić information content (AvgIpc) is 3.53. The second kappa shape index (κ2) is 12.5. The number of hydrogen-bond donors (Lipinski definition) is 0. The van der Waals surface area contributed by atoms with Crippen LogP contribution in [0.2, 0.25) is 0 Å². The lowest BCUT2D eigenvalue weighted by Gasteiger charge is -2.35. The predicted molar refractivity (Wildman–Crippen MR) is 201 cm³/mol. The quantitative estimate of drug-likeness (QED) is 0.184. The normalized spacial score (nSPS) is 17.7. The number of benzene rings is 5. The monoisotopic (exact) mass is 630 g/mol. The zero-order valence-electron chi connectivity index (χ0n) is 27.0. The Balaban J connectivity index is 1.14. The van der Waals surface area contributed by atoms with Gasteiger partial charge in [0.25, 0.3) is 0 Å². The summed E-state index contributed by atoms with van der Waals surface area (Å²) in [5, 5.41) is 0. The fraction of sp³-hybridized carbons (Fsp3) is 0.0889. The van der Waals surface area contributed by atoms with Gasteiger partial charge in [-0.25, -0.2) is 15.0 Å². The number of nitrogens with zero attached hydrogens (tertiary/aromatic N) is 4. The predicted octanol–water partition coefficient (Wildman–Crippen LogP) is 10.9. The molecule has 0 N–H and O–H groups in total. The molecular formula is C45H34N4. The molecule has 3 aliphatic rings. The van der Waals surface area contributed by atoms with Crippen molar-refractivity contribution in [3.8, 4) is 45.3 Å². The van der Waals surface area contributed by atoms with Gasteiger partial charge in [-0.2, -0.15) is 0 Å². The molecular weight excluding hydrogens is 597 g/mol. The molecule has 4 heteroatoms. The van der Waals surface area contributed by atoms with E-state index in [1.165, 1.54) is 33.5 Å². The van der Waals surface area contributed by atoms with Crippen molar-refractivity contribution >= 4 is 16.9 Å². The topological polar surface area (TPSA) is 41.9 Å². The third-order valence-electron chi connectivity index (χ3n) is 9.72. The van der Waals surface area contributed by atoms with E-state index in [0.29, 0.717) is 17.5 Å². The molecule has 0 fully saturated rings. The summed E-state index contributed by atoms with van der Waals surface area (Å²) in [6.45, 7) is 0. The third kappa shape index (κ3) is 5.41. The van der Waals surface area contributed by atoms with Gasteiger partial charge in [0.1, 0.15) is 0 Å². The molecule has 4 nitrogen and oxygen atoms in total. The molecule has 0 saturated heterocycles. The van der Waals surface area contributed by atoms with Crippen LogP contribution in [0.25, 0.3) is 50.9 Å². The minimum absolute atomic E-state index is 0.150. The first-order valence-corrected chi connectivity index (χ1v) is 17.0. The van der Waals surface area contributed by atoms with Gasteiger partial charge in [0.05, 0.1) is 6.04 Å². The molecule has 1 aromatic heterocycles. The molecule has 0 spiro atoms. The van der Waals surface area contributed by atoms with E-state index in [2.05, 4.69) is 114 Å². The van der Waals surface area contributed by atoms with Crippen molar-refractivity contribution in [3.05, 3.63) is 181 Å². The molecule has 6 aromatic rings. The van der Waals surface area contributed by atoms with E-state index in [1.54, 1.807) is 0 Å². The molecule has 2 aliphatic carbocycles. The van der Waals surface area contributed by atoms with Gasteiger partial charge in [0.2, 0.25) is 0 Å². The van der Waals surface area contributed by atoms with E-state index in [1.807, 2.05) is 60.7 Å². The first-order valence-electron chi connectivity index (χ1n) is 17.0. The maximum Gasteiger partial charge on any atom is 0.164 e. The molecule has 9 rings (SSSR count). The van der Waals surface area contributed by atoms with Crippen molar-refractivity contribution < 1.29 is 0 Å². The van der Waals surface area contributed by atoms with E-state index in [9.17, 15) is 0 Å². The van der Waals surface area contributed by atoms with Gasteiger partial charge in [-0.15, -0.1) is 0 Å². The second-order valence-corrected chi connectivity index (χ2v) is 12.7. The molecule has 0 radical (unpaired) electrons. The number of aromatic nitrogens is 3. The summed E-state index contributed by atoms with van der Waals surface area (Å²) < 4.78 is 0. The van der Waals surface area contributed by atoms with Crippen LogP contribution < -0.4 is 4.90 Å². The van der Waals surface area contributed by atoms with E-state index < -0.39 is 0 Å². The summed E-state index contributed by atoms with van der Waals surface area (Å²) in [7, 11) is 0. The Morgan fingerprint density at radius 3 is 1.71 bits per heavy atom. The van der Waals surface area contributed by atoms with Crippen LogP contribution in [0.4, 0.5) is 11.4 Å². The maximum atomic E-state index is 4.97. The van der Waals surface area contributed by atoms with Crippen LogP contribution >= 0.6 is 0 Å².